The lowest BCUT2D eigenvalue weighted by Gasteiger charge is -2.12. The maximum absolute atomic E-state index is 12.1. The first-order valence-corrected chi connectivity index (χ1v) is 8.21. The third kappa shape index (κ3) is 4.42. The van der Waals surface area contributed by atoms with Gasteiger partial charge in [-0.3, -0.25) is 10.1 Å². The first-order valence-electron chi connectivity index (χ1n) is 6.72. The molecular weight excluding hydrogens is 443 g/mol. The van der Waals surface area contributed by atoms with Crippen molar-refractivity contribution in [2.45, 2.75) is 6.92 Å². The molecule has 0 aliphatic carbocycles. The average Bonchev–Trinajstić information content (AvgIpc) is 2.50. The summed E-state index contributed by atoms with van der Waals surface area (Å²) in [5, 5.41) is 24.1. The van der Waals surface area contributed by atoms with Crippen LogP contribution in [0.25, 0.3) is 0 Å². The van der Waals surface area contributed by atoms with E-state index in [1.54, 1.807) is 25.1 Å². The number of carboxylic acid groups (broad SMARTS) is 1. The highest BCUT2D eigenvalue weighted by molar-refractivity contribution is 14.1. The largest absolute Gasteiger partial charge is 0.507 e. The van der Waals surface area contributed by atoms with Gasteiger partial charge in [-0.2, -0.15) is 0 Å². The smallest absolute Gasteiger partial charge is 0.339 e. The van der Waals surface area contributed by atoms with Gasteiger partial charge in [-0.1, -0.05) is 6.07 Å². The van der Waals surface area contributed by atoms with E-state index in [0.29, 0.717) is 16.8 Å². The molecule has 2 aromatic rings. The van der Waals surface area contributed by atoms with Crippen LogP contribution in [0.1, 0.15) is 26.3 Å². The lowest BCUT2D eigenvalue weighted by molar-refractivity contribution is 0.0693. The molecule has 1 amide bonds. The molecule has 124 valence electrons. The van der Waals surface area contributed by atoms with Gasteiger partial charge in [0.2, 0.25) is 0 Å². The second-order valence-corrected chi connectivity index (χ2v) is 6.57. The Hall–Kier alpha value is -2.20. The number of hydrogen-bond acceptors (Lipinski definition) is 4. The number of thiocarbonyl (C=S) groups is 1. The van der Waals surface area contributed by atoms with Crippen molar-refractivity contribution in [3.05, 3.63) is 56.7 Å². The Kier molecular flexibility index (Phi) is 5.73. The molecular formula is C16H13IN2O4S. The summed E-state index contributed by atoms with van der Waals surface area (Å²) in [6.07, 6.45) is 0. The molecule has 0 radical (unpaired) electrons. The van der Waals surface area contributed by atoms with Crippen LogP contribution in [-0.4, -0.2) is 27.2 Å². The van der Waals surface area contributed by atoms with E-state index in [-0.39, 0.29) is 22.3 Å². The highest BCUT2D eigenvalue weighted by Crippen LogP contribution is 2.26. The molecule has 6 nitrogen and oxygen atoms in total. The topological polar surface area (TPSA) is 98.7 Å². The third-order valence-corrected chi connectivity index (χ3v) is 3.98. The summed E-state index contributed by atoms with van der Waals surface area (Å²) < 4.78 is 0.916. The standard InChI is InChI=1S/C16H13IN2O4S/c1-8-5-11(7-12(13(8)20)15(22)23)18-16(24)19-14(21)9-3-2-4-10(17)6-9/h2-7,20H,1H3,(H,22,23)(H2,18,19,21,24). The molecule has 0 fully saturated rings. The SMILES string of the molecule is Cc1cc(NC(=S)NC(=O)c2cccc(I)c2)cc(C(=O)O)c1O. The predicted octanol–water partition coefficient (Wildman–Crippen LogP) is 3.13. The van der Waals surface area contributed by atoms with E-state index >= 15 is 0 Å². The fourth-order valence-corrected chi connectivity index (χ4v) is 2.74. The molecule has 0 saturated carbocycles. The first kappa shape index (κ1) is 18.1. The Bertz CT molecular complexity index is 839. The van der Waals surface area contributed by atoms with Crippen LogP contribution in [-0.2, 0) is 0 Å². The van der Waals surface area contributed by atoms with E-state index in [2.05, 4.69) is 33.2 Å². The summed E-state index contributed by atoms with van der Waals surface area (Å²) in [5.41, 5.74) is 0.947. The highest BCUT2D eigenvalue weighted by atomic mass is 127. The predicted molar refractivity (Wildman–Crippen MR) is 103 cm³/mol. The van der Waals surface area contributed by atoms with Crippen molar-refractivity contribution in [3.63, 3.8) is 0 Å². The van der Waals surface area contributed by atoms with Gasteiger partial charge in [0.25, 0.3) is 5.91 Å². The van der Waals surface area contributed by atoms with Gasteiger partial charge in [0.05, 0.1) is 0 Å². The number of phenols is 1. The number of hydrogen-bond donors (Lipinski definition) is 4. The van der Waals surface area contributed by atoms with Crippen molar-refractivity contribution >= 4 is 57.5 Å². The normalized spacial score (nSPS) is 10.1. The van der Waals surface area contributed by atoms with E-state index in [1.165, 1.54) is 12.1 Å². The van der Waals surface area contributed by atoms with Gasteiger partial charge in [-0.15, -0.1) is 0 Å². The van der Waals surface area contributed by atoms with Gasteiger partial charge in [0.1, 0.15) is 11.3 Å². The van der Waals surface area contributed by atoms with Crippen LogP contribution in [0.5, 0.6) is 5.75 Å². The molecule has 0 unspecified atom stereocenters. The minimum atomic E-state index is -1.26. The number of aryl methyl sites for hydroxylation is 1. The molecule has 0 spiro atoms. The number of nitrogens with one attached hydrogen (secondary N) is 2. The minimum Gasteiger partial charge on any atom is -0.507 e. The Balaban J connectivity index is 2.13. The van der Waals surface area contributed by atoms with Gasteiger partial charge in [-0.05, 0) is 77.6 Å². The highest BCUT2D eigenvalue weighted by Gasteiger charge is 2.14. The Morgan fingerprint density at radius 2 is 1.92 bits per heavy atom. The van der Waals surface area contributed by atoms with Crippen LogP contribution in [0.4, 0.5) is 5.69 Å². The quantitative estimate of drug-likeness (QED) is 0.322. The van der Waals surface area contributed by atoms with Crippen molar-refractivity contribution in [1.82, 2.24) is 5.32 Å². The molecule has 8 heteroatoms. The van der Waals surface area contributed by atoms with Gasteiger partial charge in [-0.25, -0.2) is 4.79 Å². The van der Waals surface area contributed by atoms with E-state index in [0.717, 1.165) is 3.57 Å². The monoisotopic (exact) mass is 456 g/mol. The summed E-state index contributed by atoms with van der Waals surface area (Å²) in [6.45, 7) is 1.57. The number of anilines is 1. The number of halogens is 1. The molecule has 0 heterocycles. The van der Waals surface area contributed by atoms with E-state index in [1.807, 2.05) is 6.07 Å². The van der Waals surface area contributed by atoms with Crippen LogP contribution in [0.15, 0.2) is 36.4 Å². The van der Waals surface area contributed by atoms with Crippen molar-refractivity contribution in [1.29, 1.82) is 0 Å². The molecule has 2 rings (SSSR count). The zero-order chi connectivity index (χ0) is 17.9. The molecule has 0 bridgehead atoms. The average molecular weight is 456 g/mol. The van der Waals surface area contributed by atoms with Gasteiger partial charge < -0.3 is 15.5 Å². The fraction of sp³-hybridized carbons (Fsp3) is 0.0625. The van der Waals surface area contributed by atoms with Crippen LogP contribution in [0.2, 0.25) is 0 Å². The van der Waals surface area contributed by atoms with Gasteiger partial charge in [0, 0.05) is 14.8 Å². The molecule has 0 saturated heterocycles. The summed E-state index contributed by atoms with van der Waals surface area (Å²) >= 11 is 7.17. The summed E-state index contributed by atoms with van der Waals surface area (Å²) in [7, 11) is 0. The number of aromatic carboxylic acids is 1. The van der Waals surface area contributed by atoms with Crippen LogP contribution >= 0.6 is 34.8 Å². The van der Waals surface area contributed by atoms with Crippen molar-refractivity contribution in [3.8, 4) is 5.75 Å². The first-order chi connectivity index (χ1) is 11.3. The molecule has 4 N–H and O–H groups in total. The molecule has 24 heavy (non-hydrogen) atoms. The number of carbonyl (C=O) groups is 2. The van der Waals surface area contributed by atoms with Crippen LogP contribution < -0.4 is 10.6 Å². The lowest BCUT2D eigenvalue weighted by Crippen LogP contribution is -2.34. The zero-order valence-corrected chi connectivity index (χ0v) is 15.4. The number of aromatic hydroxyl groups is 1. The second kappa shape index (κ2) is 7.58. The lowest BCUT2D eigenvalue weighted by atomic mass is 10.1. The number of carboxylic acids is 1. The van der Waals surface area contributed by atoms with E-state index in [4.69, 9.17) is 17.3 Å². The molecule has 0 aliphatic heterocycles. The van der Waals surface area contributed by atoms with Crippen LogP contribution in [0, 0.1) is 10.5 Å². The van der Waals surface area contributed by atoms with Crippen molar-refractivity contribution in [2.24, 2.45) is 0 Å². The second-order valence-electron chi connectivity index (χ2n) is 4.91. The van der Waals surface area contributed by atoms with Crippen molar-refractivity contribution in [2.75, 3.05) is 5.32 Å². The van der Waals surface area contributed by atoms with Crippen molar-refractivity contribution < 1.29 is 19.8 Å². The molecule has 0 aliphatic rings. The van der Waals surface area contributed by atoms with Gasteiger partial charge in [0.15, 0.2) is 5.11 Å². The number of carbonyl (C=O) groups excluding carboxylic acids is 1. The maximum atomic E-state index is 12.1. The minimum absolute atomic E-state index is 0.0280. The summed E-state index contributed by atoms with van der Waals surface area (Å²) in [4.78, 5) is 23.2. The van der Waals surface area contributed by atoms with E-state index in [9.17, 15) is 14.7 Å². The zero-order valence-electron chi connectivity index (χ0n) is 12.5. The van der Waals surface area contributed by atoms with Gasteiger partial charge >= 0.3 is 5.97 Å². The summed E-state index contributed by atoms with van der Waals surface area (Å²) in [6, 6.07) is 9.77. The Morgan fingerprint density at radius 1 is 1.21 bits per heavy atom. The number of amides is 1. The third-order valence-electron chi connectivity index (χ3n) is 3.10. The number of benzene rings is 2. The van der Waals surface area contributed by atoms with E-state index < -0.39 is 5.97 Å². The number of rotatable bonds is 3. The molecule has 2 aromatic carbocycles. The molecule has 0 atom stereocenters. The maximum Gasteiger partial charge on any atom is 0.339 e. The summed E-state index contributed by atoms with van der Waals surface area (Å²) in [5.74, 6) is -1.94. The Labute approximate surface area is 157 Å². The molecule has 0 aromatic heterocycles. The van der Waals surface area contributed by atoms with Crippen LogP contribution in [0.3, 0.4) is 0 Å². The Morgan fingerprint density at radius 3 is 2.54 bits per heavy atom. The fourth-order valence-electron chi connectivity index (χ4n) is 1.98.